The van der Waals surface area contributed by atoms with Gasteiger partial charge in [0.05, 0.1) is 0 Å². The van der Waals surface area contributed by atoms with E-state index < -0.39 is 0 Å². The molecule has 0 amide bonds. The summed E-state index contributed by atoms with van der Waals surface area (Å²) < 4.78 is 0. The molecule has 0 saturated carbocycles. The fourth-order valence-electron chi connectivity index (χ4n) is 0.408. The fraction of sp³-hybridized carbons (Fsp3) is 0.833. The average molecular weight is 186 g/mol. The normalized spacial score (nSPS) is 6.75. The Morgan fingerprint density at radius 2 is 1.75 bits per heavy atom. The molecule has 0 unspecified atom stereocenters. The summed E-state index contributed by atoms with van der Waals surface area (Å²) in [6, 6.07) is 0. The molecule has 0 aliphatic heterocycles. The zero-order valence-corrected chi connectivity index (χ0v) is 9.51. The van der Waals surface area contributed by atoms with Crippen molar-refractivity contribution in [2.45, 2.75) is 33.1 Å². The second-order valence-corrected chi connectivity index (χ2v) is 1.49. The van der Waals surface area contributed by atoms with E-state index in [1.165, 1.54) is 19.3 Å². The predicted molar refractivity (Wildman–Crippen MR) is 29.5 cm³/mol. The van der Waals surface area contributed by atoms with Crippen LogP contribution in [0.15, 0.2) is 0 Å². The van der Waals surface area contributed by atoms with Crippen LogP contribution in [-0.2, 0) is 19.5 Å². The van der Waals surface area contributed by atoms with Crippen LogP contribution in [0.5, 0.6) is 0 Å². The molecule has 8 heavy (non-hydrogen) atoms. The maximum Gasteiger partial charge on any atom is 2.00 e. The summed E-state index contributed by atoms with van der Waals surface area (Å²) >= 11 is 0. The van der Waals surface area contributed by atoms with Crippen molar-refractivity contribution in [3.05, 3.63) is 6.42 Å². The molecule has 0 atom stereocenters. The van der Waals surface area contributed by atoms with Gasteiger partial charge in [-0.15, -0.1) is 0 Å². The Morgan fingerprint density at radius 3 is 1.88 bits per heavy atom. The maximum atomic E-state index is 2.31. The Bertz CT molecular complexity index is 20.5. The molecule has 0 bridgehead atoms. The Morgan fingerprint density at radius 1 is 1.25 bits per heavy atom. The fourth-order valence-corrected chi connectivity index (χ4v) is 0.408. The smallest absolute Gasteiger partial charge is 1.00 e. The van der Waals surface area contributed by atoms with Gasteiger partial charge in [0.15, 0.2) is 0 Å². The Balaban J connectivity index is -0.000000125. The Kier molecular flexibility index (Phi) is 31.3. The van der Waals surface area contributed by atoms with Crippen LogP contribution in [0.25, 0.3) is 0 Å². The summed E-state index contributed by atoms with van der Waals surface area (Å²) in [7, 11) is 0. The van der Waals surface area contributed by atoms with Gasteiger partial charge in [0.1, 0.15) is 0 Å². The van der Waals surface area contributed by atoms with Gasteiger partial charge < -0.3 is 18.8 Å². The van der Waals surface area contributed by atoms with Gasteiger partial charge in [-0.3, -0.25) is 0 Å². The SMILES string of the molecule is CC[CH-]CCC.[Cl-].[Zn+2]. The van der Waals surface area contributed by atoms with Crippen LogP contribution in [-0.4, -0.2) is 0 Å². The summed E-state index contributed by atoms with van der Waals surface area (Å²) in [5, 5.41) is 0. The van der Waals surface area contributed by atoms with E-state index in [1.54, 1.807) is 0 Å². The first-order chi connectivity index (χ1) is 2.91. The first-order valence-corrected chi connectivity index (χ1v) is 2.73. The predicted octanol–water partition coefficient (Wildman–Crippen LogP) is -0.598. The third kappa shape index (κ3) is 15.8. The molecule has 2 heteroatoms. The van der Waals surface area contributed by atoms with Crippen molar-refractivity contribution in [3.63, 3.8) is 0 Å². The number of halogens is 1. The Hall–Kier alpha value is 0.913. The molecule has 46 valence electrons. The van der Waals surface area contributed by atoms with Crippen LogP contribution < -0.4 is 12.4 Å². The summed E-state index contributed by atoms with van der Waals surface area (Å²) in [5.41, 5.74) is 0. The van der Waals surface area contributed by atoms with Crippen LogP contribution in [0.3, 0.4) is 0 Å². The average Bonchev–Trinajstić information content (AvgIpc) is 1.61. The molecule has 0 aliphatic rings. The van der Waals surface area contributed by atoms with Gasteiger partial charge in [-0.1, -0.05) is 20.3 Å². The summed E-state index contributed by atoms with van der Waals surface area (Å²) in [6.45, 7) is 4.38. The minimum absolute atomic E-state index is 0. The third-order valence-electron chi connectivity index (χ3n) is 0.781. The van der Waals surface area contributed by atoms with Gasteiger partial charge in [0, 0.05) is 0 Å². The van der Waals surface area contributed by atoms with E-state index in [2.05, 4.69) is 20.3 Å². The molecule has 0 aromatic heterocycles. The standard InChI is InChI=1S/C6H13.ClH.Zn/c1-3-5-6-4-2;;/h5H,3-4,6H2,1-2H3;1H;/q-1;;+2/p-1. The van der Waals surface area contributed by atoms with Crippen molar-refractivity contribution < 1.29 is 31.9 Å². The number of unbranched alkanes of at least 4 members (excludes halogenated alkanes) is 3. The van der Waals surface area contributed by atoms with Gasteiger partial charge in [0.25, 0.3) is 0 Å². The van der Waals surface area contributed by atoms with E-state index in [0.29, 0.717) is 0 Å². The van der Waals surface area contributed by atoms with Gasteiger partial charge in [-0.25, -0.2) is 0 Å². The molecule has 0 saturated heterocycles. The quantitative estimate of drug-likeness (QED) is 0.313. The first kappa shape index (κ1) is 16.0. The topological polar surface area (TPSA) is 0 Å². The minimum Gasteiger partial charge on any atom is -1.00 e. The van der Waals surface area contributed by atoms with Gasteiger partial charge in [0.2, 0.25) is 0 Å². The summed E-state index contributed by atoms with van der Waals surface area (Å²) in [4.78, 5) is 0. The van der Waals surface area contributed by atoms with E-state index in [0.717, 1.165) is 0 Å². The number of hydrogen-bond donors (Lipinski definition) is 0. The largest absolute Gasteiger partial charge is 2.00 e. The monoisotopic (exact) mass is 184 g/mol. The van der Waals surface area contributed by atoms with E-state index in [1.807, 2.05) is 0 Å². The number of hydrogen-bond acceptors (Lipinski definition) is 0. The summed E-state index contributed by atoms with van der Waals surface area (Å²) in [5.74, 6) is 0. The zero-order valence-electron chi connectivity index (χ0n) is 5.78. The summed E-state index contributed by atoms with van der Waals surface area (Å²) in [6.07, 6.45) is 6.12. The van der Waals surface area contributed by atoms with Gasteiger partial charge >= 0.3 is 19.5 Å². The van der Waals surface area contributed by atoms with Gasteiger partial charge in [-0.05, 0) is 0 Å². The van der Waals surface area contributed by atoms with Crippen molar-refractivity contribution in [1.29, 1.82) is 0 Å². The third-order valence-corrected chi connectivity index (χ3v) is 0.781. The van der Waals surface area contributed by atoms with Gasteiger partial charge in [-0.2, -0.15) is 12.8 Å². The van der Waals surface area contributed by atoms with E-state index in [4.69, 9.17) is 0 Å². The molecule has 0 rings (SSSR count). The van der Waals surface area contributed by atoms with E-state index in [9.17, 15) is 0 Å². The molecule has 0 radical (unpaired) electrons. The van der Waals surface area contributed by atoms with Crippen molar-refractivity contribution >= 4 is 0 Å². The van der Waals surface area contributed by atoms with Crippen LogP contribution >= 0.6 is 0 Å². The second-order valence-electron chi connectivity index (χ2n) is 1.49. The molecule has 0 heterocycles. The maximum absolute atomic E-state index is 2.31. The first-order valence-electron chi connectivity index (χ1n) is 2.73. The molecule has 0 aromatic carbocycles. The molecule has 0 spiro atoms. The molecule has 0 aromatic rings. The Labute approximate surface area is 71.6 Å². The van der Waals surface area contributed by atoms with Crippen molar-refractivity contribution in [3.8, 4) is 0 Å². The van der Waals surface area contributed by atoms with Crippen molar-refractivity contribution in [1.82, 2.24) is 0 Å². The zero-order chi connectivity index (χ0) is 4.83. The molecular formula is C6H13ClZn. The molecule has 0 nitrogen and oxygen atoms in total. The molecule has 0 N–H and O–H groups in total. The van der Waals surface area contributed by atoms with Crippen LogP contribution in [0, 0.1) is 6.42 Å². The molecular weight excluding hydrogens is 173 g/mol. The molecule has 0 fully saturated rings. The van der Waals surface area contributed by atoms with Crippen molar-refractivity contribution in [2.24, 2.45) is 0 Å². The minimum atomic E-state index is 0. The van der Waals surface area contributed by atoms with Crippen molar-refractivity contribution in [2.75, 3.05) is 0 Å². The van der Waals surface area contributed by atoms with Crippen LogP contribution in [0.4, 0.5) is 0 Å². The van der Waals surface area contributed by atoms with E-state index >= 15 is 0 Å². The molecule has 0 aliphatic carbocycles. The van der Waals surface area contributed by atoms with Crippen LogP contribution in [0.2, 0.25) is 0 Å². The number of rotatable bonds is 3. The second kappa shape index (κ2) is 15.7. The van der Waals surface area contributed by atoms with E-state index in [-0.39, 0.29) is 31.9 Å². The van der Waals surface area contributed by atoms with Crippen LogP contribution in [0.1, 0.15) is 33.1 Å².